The summed E-state index contributed by atoms with van der Waals surface area (Å²) in [5.74, 6) is 1.80. The van der Waals surface area contributed by atoms with Crippen molar-refractivity contribution < 1.29 is 0 Å². The third kappa shape index (κ3) is 3.39. The van der Waals surface area contributed by atoms with Gasteiger partial charge in [-0.05, 0) is 37.0 Å². The van der Waals surface area contributed by atoms with E-state index < -0.39 is 0 Å². The zero-order chi connectivity index (χ0) is 15.0. The fourth-order valence-corrected chi connectivity index (χ4v) is 3.76. The Morgan fingerprint density at radius 1 is 1.20 bits per heavy atom. The van der Waals surface area contributed by atoms with Crippen LogP contribution >= 0.6 is 0 Å². The van der Waals surface area contributed by atoms with Crippen LogP contribution in [0.3, 0.4) is 0 Å². The van der Waals surface area contributed by atoms with E-state index in [1.54, 1.807) is 0 Å². The molecule has 0 radical (unpaired) electrons. The molecule has 1 aliphatic carbocycles. The highest BCUT2D eigenvalue weighted by Crippen LogP contribution is 2.45. The summed E-state index contributed by atoms with van der Waals surface area (Å²) in [5.41, 5.74) is 0.765. The summed E-state index contributed by atoms with van der Waals surface area (Å²) in [6.07, 6.45) is 5.53. The lowest BCUT2D eigenvalue weighted by Gasteiger charge is -2.52. The van der Waals surface area contributed by atoms with Crippen LogP contribution in [0, 0.1) is 17.3 Å². The van der Waals surface area contributed by atoms with Gasteiger partial charge in [-0.2, -0.15) is 0 Å². The second-order valence-corrected chi connectivity index (χ2v) is 8.52. The molecule has 2 atom stereocenters. The average molecular weight is 281 g/mol. The fraction of sp³-hybridized carbons (Fsp3) is 1.00. The zero-order valence-electron chi connectivity index (χ0n) is 14.6. The van der Waals surface area contributed by atoms with Crippen molar-refractivity contribution in [2.75, 3.05) is 19.6 Å². The van der Waals surface area contributed by atoms with Crippen LogP contribution in [0.4, 0.5) is 0 Å². The summed E-state index contributed by atoms with van der Waals surface area (Å²) in [4.78, 5) is 2.86. The van der Waals surface area contributed by atoms with E-state index in [0.717, 1.165) is 11.8 Å². The van der Waals surface area contributed by atoms with Gasteiger partial charge < -0.3 is 5.32 Å². The molecule has 1 aliphatic heterocycles. The maximum Gasteiger partial charge on any atom is 0.0334 e. The molecule has 0 aromatic rings. The minimum Gasteiger partial charge on any atom is -0.310 e. The second-order valence-electron chi connectivity index (χ2n) is 8.52. The van der Waals surface area contributed by atoms with Crippen LogP contribution in [-0.2, 0) is 0 Å². The topological polar surface area (TPSA) is 15.3 Å². The Morgan fingerprint density at radius 2 is 1.80 bits per heavy atom. The molecule has 0 bridgehead atoms. The third-order valence-electron chi connectivity index (χ3n) is 5.97. The summed E-state index contributed by atoms with van der Waals surface area (Å²) >= 11 is 0. The standard InChI is InChI=1S/C18H36N2/c1-7-14(8-2)11-20-12-16(17(3,4)5)19-13-18(20,6)15-9-10-15/h14-16,19H,7-13H2,1-6H3. The lowest BCUT2D eigenvalue weighted by molar-refractivity contribution is -0.00111. The number of hydrogen-bond donors (Lipinski definition) is 1. The van der Waals surface area contributed by atoms with Crippen molar-refractivity contribution in [3.63, 3.8) is 0 Å². The largest absolute Gasteiger partial charge is 0.310 e. The number of hydrogen-bond acceptors (Lipinski definition) is 2. The molecular weight excluding hydrogens is 244 g/mol. The number of piperazine rings is 1. The summed E-state index contributed by atoms with van der Waals surface area (Å²) < 4.78 is 0. The summed E-state index contributed by atoms with van der Waals surface area (Å²) in [6, 6.07) is 0.628. The summed E-state index contributed by atoms with van der Waals surface area (Å²) in [6.45, 7) is 18.1. The van der Waals surface area contributed by atoms with Crippen LogP contribution in [0.25, 0.3) is 0 Å². The van der Waals surface area contributed by atoms with Gasteiger partial charge in [-0.1, -0.05) is 47.5 Å². The molecule has 2 heteroatoms. The Morgan fingerprint density at radius 3 is 2.25 bits per heavy atom. The van der Waals surface area contributed by atoms with Gasteiger partial charge in [0, 0.05) is 31.2 Å². The highest BCUT2D eigenvalue weighted by atomic mass is 15.3. The Bertz CT molecular complexity index is 312. The molecule has 2 fully saturated rings. The molecule has 0 aromatic carbocycles. The number of nitrogens with one attached hydrogen (secondary N) is 1. The maximum absolute atomic E-state index is 3.87. The Hall–Kier alpha value is -0.0800. The molecule has 2 rings (SSSR count). The number of rotatable bonds is 5. The molecular formula is C18H36N2. The quantitative estimate of drug-likeness (QED) is 0.821. The SMILES string of the molecule is CCC(CC)CN1CC(C(C)(C)C)NCC1(C)C1CC1. The summed E-state index contributed by atoms with van der Waals surface area (Å²) in [5, 5.41) is 3.87. The van der Waals surface area contributed by atoms with E-state index in [-0.39, 0.29) is 0 Å². The van der Waals surface area contributed by atoms with Gasteiger partial charge in [-0.15, -0.1) is 0 Å². The Balaban J connectivity index is 2.10. The lowest BCUT2D eigenvalue weighted by atomic mass is 9.80. The minimum atomic E-state index is 0.358. The first-order valence-electron chi connectivity index (χ1n) is 8.79. The predicted molar refractivity (Wildman–Crippen MR) is 88.0 cm³/mol. The van der Waals surface area contributed by atoms with Crippen LogP contribution in [0.15, 0.2) is 0 Å². The Kier molecular flexibility index (Phi) is 4.86. The molecule has 118 valence electrons. The van der Waals surface area contributed by atoms with Crippen molar-refractivity contribution >= 4 is 0 Å². The first-order valence-corrected chi connectivity index (χ1v) is 8.79. The average Bonchev–Trinajstić information content (AvgIpc) is 3.21. The Labute approximate surface area is 126 Å². The van der Waals surface area contributed by atoms with Crippen molar-refractivity contribution in [3.05, 3.63) is 0 Å². The van der Waals surface area contributed by atoms with E-state index in [2.05, 4.69) is 51.8 Å². The van der Waals surface area contributed by atoms with Crippen LogP contribution in [0.1, 0.15) is 67.2 Å². The van der Waals surface area contributed by atoms with Crippen molar-refractivity contribution in [1.29, 1.82) is 0 Å². The van der Waals surface area contributed by atoms with E-state index in [1.807, 2.05) is 0 Å². The zero-order valence-corrected chi connectivity index (χ0v) is 14.6. The molecule has 0 spiro atoms. The van der Waals surface area contributed by atoms with Crippen molar-refractivity contribution in [2.45, 2.75) is 78.8 Å². The first kappa shape index (κ1) is 16.3. The molecule has 20 heavy (non-hydrogen) atoms. The lowest BCUT2D eigenvalue weighted by Crippen LogP contribution is -2.67. The minimum absolute atomic E-state index is 0.358. The first-order chi connectivity index (χ1) is 9.31. The van der Waals surface area contributed by atoms with E-state index in [9.17, 15) is 0 Å². The van der Waals surface area contributed by atoms with Crippen LogP contribution in [0.5, 0.6) is 0 Å². The highest BCUT2D eigenvalue weighted by Gasteiger charge is 2.49. The molecule has 1 saturated heterocycles. The van der Waals surface area contributed by atoms with Crippen LogP contribution in [0.2, 0.25) is 0 Å². The van der Waals surface area contributed by atoms with Gasteiger partial charge in [-0.25, -0.2) is 0 Å². The number of nitrogens with zero attached hydrogens (tertiary/aromatic N) is 1. The monoisotopic (exact) mass is 280 g/mol. The molecule has 2 unspecified atom stereocenters. The van der Waals surface area contributed by atoms with E-state index in [4.69, 9.17) is 0 Å². The van der Waals surface area contributed by atoms with Gasteiger partial charge in [0.2, 0.25) is 0 Å². The second kappa shape index (κ2) is 5.96. The predicted octanol–water partition coefficient (Wildman–Crippen LogP) is 3.91. The van der Waals surface area contributed by atoms with Crippen molar-refractivity contribution in [3.8, 4) is 0 Å². The van der Waals surface area contributed by atoms with Gasteiger partial charge in [-0.3, -0.25) is 4.90 Å². The van der Waals surface area contributed by atoms with E-state index >= 15 is 0 Å². The van der Waals surface area contributed by atoms with Crippen molar-refractivity contribution in [1.82, 2.24) is 10.2 Å². The van der Waals surface area contributed by atoms with Gasteiger partial charge >= 0.3 is 0 Å². The van der Waals surface area contributed by atoms with E-state index in [1.165, 1.54) is 45.3 Å². The van der Waals surface area contributed by atoms with E-state index in [0.29, 0.717) is 17.0 Å². The molecule has 1 N–H and O–H groups in total. The molecule has 0 aromatic heterocycles. The van der Waals surface area contributed by atoms with Crippen LogP contribution in [-0.4, -0.2) is 36.1 Å². The molecule has 1 heterocycles. The molecule has 0 amide bonds. The van der Waals surface area contributed by atoms with Gasteiger partial charge in [0.15, 0.2) is 0 Å². The van der Waals surface area contributed by atoms with Gasteiger partial charge in [0.05, 0.1) is 0 Å². The molecule has 2 nitrogen and oxygen atoms in total. The fourth-order valence-electron chi connectivity index (χ4n) is 3.76. The molecule has 2 aliphatic rings. The third-order valence-corrected chi connectivity index (χ3v) is 5.97. The highest BCUT2D eigenvalue weighted by molar-refractivity contribution is 5.06. The van der Waals surface area contributed by atoms with Crippen LogP contribution < -0.4 is 5.32 Å². The van der Waals surface area contributed by atoms with Gasteiger partial charge in [0.25, 0.3) is 0 Å². The maximum atomic E-state index is 3.87. The van der Waals surface area contributed by atoms with Crippen molar-refractivity contribution in [2.24, 2.45) is 17.3 Å². The van der Waals surface area contributed by atoms with Gasteiger partial charge in [0.1, 0.15) is 0 Å². The normalized spacial score (nSPS) is 32.9. The smallest absolute Gasteiger partial charge is 0.0334 e. The molecule has 1 saturated carbocycles. The summed E-state index contributed by atoms with van der Waals surface area (Å²) in [7, 11) is 0.